The largest absolute Gasteiger partial charge is 0.476 e. The molecule has 0 atom stereocenters. The van der Waals surface area contributed by atoms with Gasteiger partial charge in [-0.1, -0.05) is 18.7 Å². The molecule has 1 aliphatic heterocycles. The number of nitrogens with zero attached hydrogens (tertiary/aromatic N) is 3. The first-order valence-corrected chi connectivity index (χ1v) is 8.56. The number of rotatable bonds is 8. The lowest BCUT2D eigenvalue weighted by atomic mass is 10.4. The summed E-state index contributed by atoms with van der Waals surface area (Å²) in [5.41, 5.74) is 0. The van der Waals surface area contributed by atoms with Crippen LogP contribution in [0.5, 0.6) is 5.88 Å². The van der Waals surface area contributed by atoms with Crippen molar-refractivity contribution in [3.8, 4) is 5.88 Å². The van der Waals surface area contributed by atoms with Gasteiger partial charge in [0.1, 0.15) is 12.4 Å². The number of hydrogen-bond acceptors (Lipinski definition) is 6. The van der Waals surface area contributed by atoms with Crippen LogP contribution in [0.4, 0.5) is 5.82 Å². The van der Waals surface area contributed by atoms with E-state index in [1.807, 2.05) is 12.3 Å². The summed E-state index contributed by atoms with van der Waals surface area (Å²) < 4.78 is 5.78. The summed E-state index contributed by atoms with van der Waals surface area (Å²) in [6.45, 7) is 7.13. The predicted molar refractivity (Wildman–Crippen MR) is 83.8 cm³/mol. The molecule has 1 saturated heterocycles. The second-order valence-corrected chi connectivity index (χ2v) is 5.68. The lowest BCUT2D eigenvalue weighted by Gasteiger charge is -2.15. The van der Waals surface area contributed by atoms with Gasteiger partial charge in [0.2, 0.25) is 5.88 Å². The minimum Gasteiger partial charge on any atom is -0.476 e. The van der Waals surface area contributed by atoms with E-state index in [2.05, 4.69) is 27.1 Å². The molecule has 0 aromatic carbocycles. The van der Waals surface area contributed by atoms with Crippen LogP contribution in [0.15, 0.2) is 11.2 Å². The molecule has 1 aromatic heterocycles. The van der Waals surface area contributed by atoms with Crippen molar-refractivity contribution < 1.29 is 4.74 Å². The van der Waals surface area contributed by atoms with Gasteiger partial charge in [0.05, 0.1) is 0 Å². The van der Waals surface area contributed by atoms with E-state index in [0.717, 1.165) is 30.5 Å². The molecule has 5 nitrogen and oxygen atoms in total. The lowest BCUT2D eigenvalue weighted by Crippen LogP contribution is -2.25. The summed E-state index contributed by atoms with van der Waals surface area (Å²) in [4.78, 5) is 11.3. The number of thioether (sulfide) groups is 1. The van der Waals surface area contributed by atoms with Gasteiger partial charge in [-0.3, -0.25) is 4.90 Å². The molecule has 2 rings (SSSR count). The highest BCUT2D eigenvalue weighted by atomic mass is 32.2. The Balaban J connectivity index is 1.87. The maximum Gasteiger partial charge on any atom is 0.219 e. The van der Waals surface area contributed by atoms with E-state index >= 15 is 0 Å². The maximum atomic E-state index is 5.78. The summed E-state index contributed by atoms with van der Waals surface area (Å²) >= 11 is 1.54. The Labute approximate surface area is 125 Å². The number of ether oxygens (including phenoxy) is 1. The molecule has 0 unspecified atom stereocenters. The average molecular weight is 296 g/mol. The molecular formula is C14H24N4OS. The molecular weight excluding hydrogens is 272 g/mol. The Morgan fingerprint density at radius 2 is 2.15 bits per heavy atom. The van der Waals surface area contributed by atoms with Gasteiger partial charge in [0, 0.05) is 19.2 Å². The van der Waals surface area contributed by atoms with Crippen molar-refractivity contribution in [3.63, 3.8) is 0 Å². The van der Waals surface area contributed by atoms with Crippen molar-refractivity contribution >= 4 is 17.6 Å². The SMILES string of the molecule is CCCNc1cc(OCCN2CCCC2)nc(SC)n1. The van der Waals surface area contributed by atoms with E-state index in [1.54, 1.807) is 0 Å². The summed E-state index contributed by atoms with van der Waals surface area (Å²) in [6, 6.07) is 1.89. The quantitative estimate of drug-likeness (QED) is 0.587. The maximum absolute atomic E-state index is 5.78. The molecule has 0 saturated carbocycles. The standard InChI is InChI=1S/C14H24N4OS/c1-3-6-15-12-11-13(17-14(16-12)20-2)19-10-9-18-7-4-5-8-18/h11H,3-10H2,1-2H3,(H,15,16,17). The van der Waals surface area contributed by atoms with Gasteiger partial charge in [-0.2, -0.15) is 4.98 Å². The average Bonchev–Trinajstić information content (AvgIpc) is 2.98. The first-order chi connectivity index (χ1) is 9.81. The molecule has 0 radical (unpaired) electrons. The number of nitrogens with one attached hydrogen (secondary N) is 1. The minimum absolute atomic E-state index is 0.669. The van der Waals surface area contributed by atoms with E-state index in [1.165, 1.54) is 37.7 Å². The van der Waals surface area contributed by atoms with Gasteiger partial charge in [0.15, 0.2) is 5.16 Å². The van der Waals surface area contributed by atoms with Crippen LogP contribution in [-0.4, -0.2) is 53.9 Å². The third kappa shape index (κ3) is 4.83. The molecule has 0 aliphatic carbocycles. The topological polar surface area (TPSA) is 50.3 Å². The molecule has 1 aromatic rings. The van der Waals surface area contributed by atoms with Gasteiger partial charge in [0.25, 0.3) is 0 Å². The Morgan fingerprint density at radius 1 is 1.35 bits per heavy atom. The fraction of sp³-hybridized carbons (Fsp3) is 0.714. The van der Waals surface area contributed by atoms with Crippen molar-refractivity contribution in [1.82, 2.24) is 14.9 Å². The van der Waals surface area contributed by atoms with Crippen LogP contribution in [0.2, 0.25) is 0 Å². The van der Waals surface area contributed by atoms with Gasteiger partial charge in [-0.25, -0.2) is 4.98 Å². The molecule has 1 aliphatic rings. The molecule has 0 bridgehead atoms. The smallest absolute Gasteiger partial charge is 0.219 e. The number of likely N-dealkylation sites (tertiary alicyclic amines) is 1. The van der Waals surface area contributed by atoms with Gasteiger partial charge >= 0.3 is 0 Å². The van der Waals surface area contributed by atoms with E-state index in [4.69, 9.17) is 4.74 Å². The van der Waals surface area contributed by atoms with E-state index in [9.17, 15) is 0 Å². The third-order valence-corrected chi connectivity index (χ3v) is 3.82. The van der Waals surface area contributed by atoms with E-state index in [-0.39, 0.29) is 0 Å². The van der Waals surface area contributed by atoms with Gasteiger partial charge < -0.3 is 10.1 Å². The fourth-order valence-electron chi connectivity index (χ4n) is 2.20. The summed E-state index contributed by atoms with van der Waals surface area (Å²) in [7, 11) is 0. The summed E-state index contributed by atoms with van der Waals surface area (Å²) in [5.74, 6) is 1.52. The highest BCUT2D eigenvalue weighted by Crippen LogP contribution is 2.19. The first-order valence-electron chi connectivity index (χ1n) is 7.34. The highest BCUT2D eigenvalue weighted by Gasteiger charge is 2.11. The van der Waals surface area contributed by atoms with Crippen molar-refractivity contribution in [3.05, 3.63) is 6.07 Å². The number of hydrogen-bond donors (Lipinski definition) is 1. The van der Waals surface area contributed by atoms with Crippen LogP contribution < -0.4 is 10.1 Å². The summed E-state index contributed by atoms with van der Waals surface area (Å²) in [5, 5.41) is 4.04. The summed E-state index contributed by atoms with van der Waals surface area (Å²) in [6.07, 6.45) is 5.68. The third-order valence-electron chi connectivity index (χ3n) is 3.28. The fourth-order valence-corrected chi connectivity index (χ4v) is 2.57. The monoisotopic (exact) mass is 296 g/mol. The Hall–Kier alpha value is -1.01. The molecule has 0 spiro atoms. The zero-order valence-electron chi connectivity index (χ0n) is 12.4. The Bertz CT molecular complexity index is 410. The zero-order chi connectivity index (χ0) is 14.2. The molecule has 1 fully saturated rings. The van der Waals surface area contributed by atoms with Crippen LogP contribution in [0.25, 0.3) is 0 Å². The van der Waals surface area contributed by atoms with Crippen LogP contribution in [-0.2, 0) is 0 Å². The van der Waals surface area contributed by atoms with Crippen LogP contribution in [0.1, 0.15) is 26.2 Å². The van der Waals surface area contributed by atoms with Crippen LogP contribution >= 0.6 is 11.8 Å². The van der Waals surface area contributed by atoms with Gasteiger partial charge in [-0.05, 0) is 38.6 Å². The molecule has 2 heterocycles. The minimum atomic E-state index is 0.669. The van der Waals surface area contributed by atoms with E-state index < -0.39 is 0 Å². The van der Waals surface area contributed by atoms with Crippen molar-refractivity contribution in [2.75, 3.05) is 44.4 Å². The zero-order valence-corrected chi connectivity index (χ0v) is 13.2. The molecule has 20 heavy (non-hydrogen) atoms. The van der Waals surface area contributed by atoms with Crippen molar-refractivity contribution in [2.45, 2.75) is 31.3 Å². The molecule has 1 N–H and O–H groups in total. The molecule has 112 valence electrons. The number of anilines is 1. The Kier molecular flexibility index (Phi) is 6.39. The second kappa shape index (κ2) is 8.32. The normalized spacial score (nSPS) is 15.5. The molecule has 0 amide bonds. The first kappa shape index (κ1) is 15.4. The predicted octanol–water partition coefficient (Wildman–Crippen LogP) is 2.50. The van der Waals surface area contributed by atoms with E-state index in [0.29, 0.717) is 12.5 Å². The molecule has 6 heteroatoms. The highest BCUT2D eigenvalue weighted by molar-refractivity contribution is 7.98. The van der Waals surface area contributed by atoms with Crippen molar-refractivity contribution in [2.24, 2.45) is 0 Å². The van der Waals surface area contributed by atoms with Crippen LogP contribution in [0, 0.1) is 0 Å². The number of aromatic nitrogens is 2. The lowest BCUT2D eigenvalue weighted by molar-refractivity contribution is 0.230. The van der Waals surface area contributed by atoms with Crippen LogP contribution in [0.3, 0.4) is 0 Å². The van der Waals surface area contributed by atoms with Gasteiger partial charge in [-0.15, -0.1) is 0 Å². The van der Waals surface area contributed by atoms with Crippen molar-refractivity contribution in [1.29, 1.82) is 0 Å². The Morgan fingerprint density at radius 3 is 2.85 bits per heavy atom. The second-order valence-electron chi connectivity index (χ2n) is 4.90.